The molecule has 0 aromatic heterocycles. The van der Waals surface area contributed by atoms with E-state index in [0.717, 1.165) is 23.7 Å². The SMILES string of the molecule is CCCCN1C[C@@H]2[C@H](C1)[C@@H]1C=C[C@H]2C1. The molecular formula is C13H21N. The van der Waals surface area contributed by atoms with E-state index in [9.17, 15) is 0 Å². The Morgan fingerprint density at radius 1 is 1.14 bits per heavy atom. The van der Waals surface area contributed by atoms with Gasteiger partial charge in [-0.1, -0.05) is 25.5 Å². The number of hydrogen-bond donors (Lipinski definition) is 0. The zero-order chi connectivity index (χ0) is 9.54. The lowest BCUT2D eigenvalue weighted by Gasteiger charge is -2.17. The van der Waals surface area contributed by atoms with Gasteiger partial charge in [-0.15, -0.1) is 0 Å². The molecule has 0 amide bonds. The summed E-state index contributed by atoms with van der Waals surface area (Å²) in [5, 5.41) is 0. The van der Waals surface area contributed by atoms with Crippen molar-refractivity contribution < 1.29 is 0 Å². The summed E-state index contributed by atoms with van der Waals surface area (Å²) in [5.41, 5.74) is 0. The number of allylic oxidation sites excluding steroid dienone is 2. The highest BCUT2D eigenvalue weighted by atomic mass is 15.2. The van der Waals surface area contributed by atoms with Gasteiger partial charge in [0.25, 0.3) is 0 Å². The van der Waals surface area contributed by atoms with Crippen LogP contribution < -0.4 is 0 Å². The number of rotatable bonds is 3. The smallest absolute Gasteiger partial charge is 0.00188 e. The van der Waals surface area contributed by atoms with Gasteiger partial charge >= 0.3 is 0 Å². The number of likely N-dealkylation sites (tertiary alicyclic amines) is 1. The van der Waals surface area contributed by atoms with Crippen molar-refractivity contribution in [1.29, 1.82) is 0 Å². The molecule has 2 bridgehead atoms. The maximum absolute atomic E-state index is 2.71. The number of hydrogen-bond acceptors (Lipinski definition) is 1. The Hall–Kier alpha value is -0.300. The normalized spacial score (nSPS) is 44.9. The topological polar surface area (TPSA) is 3.24 Å². The van der Waals surface area contributed by atoms with E-state index < -0.39 is 0 Å². The second-order valence-electron chi connectivity index (χ2n) is 5.39. The summed E-state index contributed by atoms with van der Waals surface area (Å²) < 4.78 is 0. The molecule has 1 saturated carbocycles. The lowest BCUT2D eigenvalue weighted by Crippen LogP contribution is -2.24. The molecule has 0 spiro atoms. The quantitative estimate of drug-likeness (QED) is 0.620. The maximum atomic E-state index is 2.71. The lowest BCUT2D eigenvalue weighted by molar-refractivity contribution is 0.294. The number of unbranched alkanes of at least 4 members (excludes halogenated alkanes) is 1. The predicted molar refractivity (Wildman–Crippen MR) is 59.1 cm³/mol. The van der Waals surface area contributed by atoms with Crippen LogP contribution in [-0.2, 0) is 0 Å². The van der Waals surface area contributed by atoms with Crippen LogP contribution in [0, 0.1) is 23.7 Å². The van der Waals surface area contributed by atoms with Crippen LogP contribution in [0.2, 0.25) is 0 Å². The van der Waals surface area contributed by atoms with Crippen molar-refractivity contribution in [1.82, 2.24) is 4.90 Å². The highest BCUT2D eigenvalue weighted by Crippen LogP contribution is 2.51. The molecule has 14 heavy (non-hydrogen) atoms. The van der Waals surface area contributed by atoms with E-state index in [4.69, 9.17) is 0 Å². The van der Waals surface area contributed by atoms with Crippen LogP contribution in [0.5, 0.6) is 0 Å². The molecule has 1 heterocycles. The van der Waals surface area contributed by atoms with Crippen LogP contribution in [0.25, 0.3) is 0 Å². The first-order chi connectivity index (χ1) is 6.88. The maximum Gasteiger partial charge on any atom is 0.00188 e. The van der Waals surface area contributed by atoms with E-state index >= 15 is 0 Å². The fraction of sp³-hybridized carbons (Fsp3) is 0.846. The van der Waals surface area contributed by atoms with Crippen molar-refractivity contribution in [3.63, 3.8) is 0 Å². The standard InChI is InChI=1S/C13H21N/c1-2-3-6-14-8-12-10-4-5-11(7-10)13(12)9-14/h4-5,10-13H,2-3,6-9H2,1H3/t10-,11+,12-,13+. The van der Waals surface area contributed by atoms with Crippen molar-refractivity contribution in [3.8, 4) is 0 Å². The third-order valence-corrected chi connectivity index (χ3v) is 4.57. The summed E-state index contributed by atoms with van der Waals surface area (Å²) in [4.78, 5) is 2.71. The van der Waals surface area contributed by atoms with Crippen LogP contribution in [0.4, 0.5) is 0 Å². The summed E-state index contributed by atoms with van der Waals surface area (Å²) in [6.07, 6.45) is 9.21. The molecule has 2 fully saturated rings. The summed E-state index contributed by atoms with van der Waals surface area (Å²) in [5.74, 6) is 3.97. The van der Waals surface area contributed by atoms with E-state index in [-0.39, 0.29) is 0 Å². The van der Waals surface area contributed by atoms with Gasteiger partial charge in [0, 0.05) is 13.1 Å². The van der Waals surface area contributed by atoms with Crippen molar-refractivity contribution in [2.24, 2.45) is 23.7 Å². The molecule has 1 saturated heterocycles. The van der Waals surface area contributed by atoms with Gasteiger partial charge in [-0.05, 0) is 43.1 Å². The zero-order valence-corrected chi connectivity index (χ0v) is 9.15. The summed E-state index contributed by atoms with van der Waals surface area (Å²) in [6.45, 7) is 6.44. The molecule has 2 aliphatic carbocycles. The van der Waals surface area contributed by atoms with Gasteiger partial charge in [0.1, 0.15) is 0 Å². The average molecular weight is 191 g/mol. The Balaban J connectivity index is 1.62. The molecule has 1 heteroatoms. The minimum Gasteiger partial charge on any atom is -0.303 e. The molecule has 1 aliphatic heterocycles. The molecule has 0 aromatic rings. The first kappa shape index (κ1) is 8.96. The largest absolute Gasteiger partial charge is 0.303 e. The molecular weight excluding hydrogens is 170 g/mol. The summed E-state index contributed by atoms with van der Waals surface area (Å²) >= 11 is 0. The Kier molecular flexibility index (Phi) is 2.16. The molecule has 0 radical (unpaired) electrons. The van der Waals surface area contributed by atoms with Gasteiger partial charge in [-0.25, -0.2) is 0 Å². The Morgan fingerprint density at radius 3 is 2.36 bits per heavy atom. The van der Waals surface area contributed by atoms with E-state index in [1.165, 1.54) is 38.9 Å². The molecule has 4 atom stereocenters. The first-order valence-corrected chi connectivity index (χ1v) is 6.29. The van der Waals surface area contributed by atoms with E-state index in [0.29, 0.717) is 0 Å². The van der Waals surface area contributed by atoms with Crippen molar-refractivity contribution in [2.45, 2.75) is 26.2 Å². The third kappa shape index (κ3) is 1.25. The van der Waals surface area contributed by atoms with Crippen LogP contribution in [0.3, 0.4) is 0 Å². The van der Waals surface area contributed by atoms with Gasteiger partial charge in [0.05, 0.1) is 0 Å². The van der Waals surface area contributed by atoms with Gasteiger partial charge in [-0.2, -0.15) is 0 Å². The van der Waals surface area contributed by atoms with E-state index in [2.05, 4.69) is 24.0 Å². The van der Waals surface area contributed by atoms with Gasteiger partial charge < -0.3 is 4.90 Å². The zero-order valence-electron chi connectivity index (χ0n) is 9.15. The Bertz CT molecular complexity index is 226. The minimum atomic E-state index is 0.955. The average Bonchev–Trinajstić information content (AvgIpc) is 2.85. The number of fused-ring (bicyclic) bond motifs is 5. The molecule has 0 unspecified atom stereocenters. The van der Waals surface area contributed by atoms with E-state index in [1.54, 1.807) is 0 Å². The van der Waals surface area contributed by atoms with Crippen LogP contribution in [-0.4, -0.2) is 24.5 Å². The van der Waals surface area contributed by atoms with Gasteiger partial charge in [-0.3, -0.25) is 0 Å². The van der Waals surface area contributed by atoms with Crippen molar-refractivity contribution in [2.75, 3.05) is 19.6 Å². The van der Waals surface area contributed by atoms with Crippen molar-refractivity contribution >= 4 is 0 Å². The lowest BCUT2D eigenvalue weighted by atomic mass is 9.86. The molecule has 0 aromatic carbocycles. The third-order valence-electron chi connectivity index (χ3n) is 4.57. The minimum absolute atomic E-state index is 0.955. The molecule has 78 valence electrons. The van der Waals surface area contributed by atoms with Gasteiger partial charge in [0.2, 0.25) is 0 Å². The predicted octanol–water partition coefficient (Wildman–Crippen LogP) is 2.54. The Labute approximate surface area is 87.2 Å². The molecule has 0 N–H and O–H groups in total. The molecule has 3 rings (SSSR count). The summed E-state index contributed by atoms with van der Waals surface area (Å²) in [6, 6.07) is 0. The van der Waals surface area contributed by atoms with Crippen LogP contribution >= 0.6 is 0 Å². The Morgan fingerprint density at radius 2 is 1.79 bits per heavy atom. The first-order valence-electron chi connectivity index (χ1n) is 6.29. The highest BCUT2D eigenvalue weighted by molar-refractivity contribution is 5.16. The fourth-order valence-electron chi connectivity index (χ4n) is 3.80. The van der Waals surface area contributed by atoms with Crippen LogP contribution in [0.15, 0.2) is 12.2 Å². The van der Waals surface area contributed by atoms with Gasteiger partial charge in [0.15, 0.2) is 0 Å². The van der Waals surface area contributed by atoms with E-state index in [1.807, 2.05) is 0 Å². The van der Waals surface area contributed by atoms with Crippen LogP contribution in [0.1, 0.15) is 26.2 Å². The molecule has 1 nitrogen and oxygen atoms in total. The number of nitrogens with zero attached hydrogens (tertiary/aromatic N) is 1. The fourth-order valence-corrected chi connectivity index (χ4v) is 3.80. The second kappa shape index (κ2) is 3.37. The highest BCUT2D eigenvalue weighted by Gasteiger charge is 2.48. The monoisotopic (exact) mass is 191 g/mol. The summed E-state index contributed by atoms with van der Waals surface area (Å²) in [7, 11) is 0. The molecule has 3 aliphatic rings. The second-order valence-corrected chi connectivity index (χ2v) is 5.39. The van der Waals surface area contributed by atoms with Crippen molar-refractivity contribution in [3.05, 3.63) is 12.2 Å².